The number of carbonyl (C=O) groups excluding carboxylic acids is 1. The van der Waals surface area contributed by atoms with Crippen molar-refractivity contribution in [3.63, 3.8) is 0 Å². The zero-order valence-corrected chi connectivity index (χ0v) is 34.2. The van der Waals surface area contributed by atoms with Crippen molar-refractivity contribution in [2.24, 2.45) is 50.7 Å². The maximum absolute atomic E-state index is 14.6. The summed E-state index contributed by atoms with van der Waals surface area (Å²) in [6.07, 6.45) is -7.79. The molecule has 57 heavy (non-hydrogen) atoms. The van der Waals surface area contributed by atoms with Crippen LogP contribution in [0.4, 0.5) is 0 Å². The minimum absolute atomic E-state index is 0.00994. The number of hydrogen-bond donors (Lipinski definition) is 10. The van der Waals surface area contributed by atoms with Crippen LogP contribution in [0.15, 0.2) is 11.6 Å². The number of fused-ring (bicyclic) bond motifs is 7. The SMILES string of the molecule is CC1CCC2(C(=O)OC3OC(CO)C(O)C(O)C3O)CCC3(C)C(=CCC4C5(C)CCC(OC6OC(CO)C(O)C(O)C6O)C(C)(CO)C5CCC43C)C2C1(C)O. The van der Waals surface area contributed by atoms with Gasteiger partial charge in [0, 0.05) is 11.3 Å². The van der Waals surface area contributed by atoms with E-state index < -0.39 is 114 Å². The zero-order chi connectivity index (χ0) is 41.8. The monoisotopic (exact) mass is 812 g/mol. The highest BCUT2D eigenvalue weighted by atomic mass is 16.7. The van der Waals surface area contributed by atoms with Crippen LogP contribution in [0.2, 0.25) is 0 Å². The molecule has 326 valence electrons. The standard InChI is InChI=1S/C42H68O15/c1-20-9-14-42(36(52)57-35-32(51)30(49)28(47)23(18-44)55-35)16-15-39(4)21(33(42)41(20,6)53)7-8-25-37(2)12-11-26(38(3,19-45)24(37)10-13-40(25,39)5)56-34-31(50)29(48)27(46)22(17-43)54-34/h7,20,22-35,43-51,53H,8-19H2,1-6H3. The van der Waals surface area contributed by atoms with Crippen LogP contribution in [0.3, 0.4) is 0 Å². The van der Waals surface area contributed by atoms with Crippen LogP contribution in [-0.2, 0) is 23.7 Å². The second kappa shape index (κ2) is 14.9. The highest BCUT2D eigenvalue weighted by molar-refractivity contribution is 5.79. The molecule has 5 aliphatic carbocycles. The summed E-state index contributed by atoms with van der Waals surface area (Å²) in [6, 6.07) is 0. The predicted molar refractivity (Wildman–Crippen MR) is 200 cm³/mol. The van der Waals surface area contributed by atoms with Gasteiger partial charge in [0.1, 0.15) is 48.8 Å². The molecule has 0 radical (unpaired) electrons. The summed E-state index contributed by atoms with van der Waals surface area (Å²) >= 11 is 0. The fraction of sp³-hybridized carbons (Fsp3) is 0.929. The maximum atomic E-state index is 14.6. The molecular formula is C42H68O15. The van der Waals surface area contributed by atoms with Crippen molar-refractivity contribution in [3.8, 4) is 0 Å². The number of esters is 1. The minimum atomic E-state index is -1.75. The molecule has 4 saturated carbocycles. The molecule has 21 unspecified atom stereocenters. The van der Waals surface area contributed by atoms with Crippen molar-refractivity contribution in [1.82, 2.24) is 0 Å². The number of aliphatic hydroxyl groups excluding tert-OH is 9. The highest BCUT2D eigenvalue weighted by Gasteiger charge is 2.72. The molecule has 0 aromatic heterocycles. The van der Waals surface area contributed by atoms with Crippen LogP contribution in [-0.4, -0.2) is 150 Å². The second-order valence-electron chi connectivity index (χ2n) is 20.2. The number of rotatable bonds is 7. The van der Waals surface area contributed by atoms with E-state index in [1.54, 1.807) is 6.92 Å². The van der Waals surface area contributed by atoms with Crippen molar-refractivity contribution in [1.29, 1.82) is 0 Å². The zero-order valence-electron chi connectivity index (χ0n) is 34.2. The van der Waals surface area contributed by atoms with Gasteiger partial charge in [-0.1, -0.05) is 46.3 Å². The Hall–Kier alpha value is -1.31. The van der Waals surface area contributed by atoms with Gasteiger partial charge in [-0.05, 0) is 98.7 Å². The van der Waals surface area contributed by atoms with Crippen molar-refractivity contribution in [3.05, 3.63) is 11.6 Å². The normalized spacial score (nSPS) is 56.4. The molecule has 0 aromatic carbocycles. The van der Waals surface area contributed by atoms with Crippen molar-refractivity contribution in [2.75, 3.05) is 19.8 Å². The van der Waals surface area contributed by atoms with Gasteiger partial charge in [0.25, 0.3) is 0 Å². The fourth-order valence-corrected chi connectivity index (χ4v) is 13.8. The third-order valence-corrected chi connectivity index (χ3v) is 17.8. The molecule has 0 amide bonds. The Kier molecular flexibility index (Phi) is 11.5. The second-order valence-corrected chi connectivity index (χ2v) is 20.2. The first-order valence-corrected chi connectivity index (χ1v) is 21.1. The van der Waals surface area contributed by atoms with Crippen molar-refractivity contribution >= 4 is 5.97 Å². The Balaban J connectivity index is 1.19. The maximum Gasteiger partial charge on any atom is 0.315 e. The lowest BCUT2D eigenvalue weighted by molar-refractivity contribution is -0.333. The molecule has 2 saturated heterocycles. The Bertz CT molecular complexity index is 1540. The molecule has 2 aliphatic heterocycles. The smallest absolute Gasteiger partial charge is 0.315 e. The third-order valence-electron chi connectivity index (χ3n) is 17.8. The van der Waals surface area contributed by atoms with E-state index in [9.17, 15) is 55.9 Å². The first-order valence-electron chi connectivity index (χ1n) is 21.1. The highest BCUT2D eigenvalue weighted by Crippen LogP contribution is 2.76. The molecule has 21 atom stereocenters. The Morgan fingerprint density at radius 2 is 1.33 bits per heavy atom. The minimum Gasteiger partial charge on any atom is -0.432 e. The van der Waals surface area contributed by atoms with Crippen LogP contribution >= 0.6 is 0 Å². The molecule has 0 aromatic rings. The molecule has 15 heteroatoms. The van der Waals surface area contributed by atoms with Gasteiger partial charge < -0.3 is 70.0 Å². The van der Waals surface area contributed by atoms with E-state index in [1.165, 1.54) is 0 Å². The summed E-state index contributed by atoms with van der Waals surface area (Å²) in [7, 11) is 0. The van der Waals surface area contributed by atoms with Crippen molar-refractivity contribution < 1.29 is 74.8 Å². The summed E-state index contributed by atoms with van der Waals surface area (Å²) in [5, 5.41) is 106. The Labute approximate surface area is 335 Å². The summed E-state index contributed by atoms with van der Waals surface area (Å²) in [4.78, 5) is 14.6. The lowest BCUT2D eigenvalue weighted by atomic mass is 9.33. The van der Waals surface area contributed by atoms with Gasteiger partial charge in [-0.25, -0.2) is 0 Å². The Morgan fingerprint density at radius 3 is 1.93 bits per heavy atom. The van der Waals surface area contributed by atoms with Gasteiger partial charge in [0.15, 0.2) is 6.29 Å². The van der Waals surface area contributed by atoms with Gasteiger partial charge in [0.2, 0.25) is 6.29 Å². The van der Waals surface area contributed by atoms with Gasteiger partial charge in [0.05, 0.1) is 36.9 Å². The fourth-order valence-electron chi connectivity index (χ4n) is 13.8. The quantitative estimate of drug-likeness (QED) is 0.0940. The van der Waals surface area contributed by atoms with Crippen LogP contribution in [0.5, 0.6) is 0 Å². The molecule has 15 nitrogen and oxygen atoms in total. The summed E-state index contributed by atoms with van der Waals surface area (Å²) in [5.41, 5.74) is -3.21. The van der Waals surface area contributed by atoms with E-state index >= 15 is 0 Å². The van der Waals surface area contributed by atoms with Crippen molar-refractivity contribution in [2.45, 2.75) is 172 Å². The van der Waals surface area contributed by atoms with Gasteiger partial charge in [-0.15, -0.1) is 0 Å². The molecule has 10 N–H and O–H groups in total. The molecular weight excluding hydrogens is 744 g/mol. The number of allylic oxidation sites excluding steroid dienone is 1. The molecule has 2 heterocycles. The number of carbonyl (C=O) groups is 1. The summed E-state index contributed by atoms with van der Waals surface area (Å²) in [5.74, 6) is -1.28. The van der Waals surface area contributed by atoms with E-state index in [2.05, 4.69) is 26.8 Å². The predicted octanol–water partition coefficient (Wildman–Crippen LogP) is 0.260. The first-order chi connectivity index (χ1) is 26.6. The number of aliphatic hydroxyl groups is 10. The van der Waals surface area contributed by atoms with E-state index in [4.69, 9.17) is 18.9 Å². The van der Waals surface area contributed by atoms with Crippen LogP contribution < -0.4 is 0 Å². The molecule has 7 aliphatic rings. The Morgan fingerprint density at radius 1 is 0.737 bits per heavy atom. The summed E-state index contributed by atoms with van der Waals surface area (Å²) < 4.78 is 23.7. The van der Waals surface area contributed by atoms with E-state index in [1.807, 2.05) is 13.8 Å². The lowest BCUT2D eigenvalue weighted by Gasteiger charge is -2.72. The van der Waals surface area contributed by atoms with Gasteiger partial charge >= 0.3 is 5.97 Å². The third kappa shape index (κ3) is 6.18. The average molecular weight is 813 g/mol. The molecule has 0 bridgehead atoms. The average Bonchev–Trinajstić information content (AvgIpc) is 3.17. The van der Waals surface area contributed by atoms with E-state index in [0.717, 1.165) is 24.8 Å². The largest absolute Gasteiger partial charge is 0.432 e. The van der Waals surface area contributed by atoms with Crippen LogP contribution in [0.25, 0.3) is 0 Å². The van der Waals surface area contributed by atoms with Gasteiger partial charge in [-0.2, -0.15) is 0 Å². The molecule has 0 spiro atoms. The van der Waals surface area contributed by atoms with Gasteiger partial charge in [-0.3, -0.25) is 4.79 Å². The van der Waals surface area contributed by atoms with E-state index in [-0.39, 0.29) is 35.2 Å². The topological polar surface area (TPSA) is 256 Å². The van der Waals surface area contributed by atoms with E-state index in [0.29, 0.717) is 38.5 Å². The molecule has 6 fully saturated rings. The lowest BCUT2D eigenvalue weighted by Crippen LogP contribution is -2.69. The van der Waals surface area contributed by atoms with Crippen LogP contribution in [0, 0.1) is 50.7 Å². The number of ether oxygens (including phenoxy) is 4. The summed E-state index contributed by atoms with van der Waals surface area (Å²) in [6.45, 7) is 11.3. The van der Waals surface area contributed by atoms with Crippen LogP contribution in [0.1, 0.15) is 99.3 Å². The molecule has 7 rings (SSSR count). The number of hydrogen-bond acceptors (Lipinski definition) is 15. The first kappa shape index (κ1) is 43.8.